The molecule has 3 rings (SSSR count). The van der Waals surface area contributed by atoms with Crippen LogP contribution in [0.1, 0.15) is 5.56 Å². The topological polar surface area (TPSA) is 56.2 Å². The van der Waals surface area contributed by atoms with Gasteiger partial charge in [-0.15, -0.1) is 0 Å². The van der Waals surface area contributed by atoms with E-state index in [0.29, 0.717) is 22.4 Å². The number of aryl methyl sites for hydroxylation is 1. The summed E-state index contributed by atoms with van der Waals surface area (Å²) in [5, 5.41) is 0.596. The smallest absolute Gasteiger partial charge is 0.193 e. The lowest BCUT2D eigenvalue weighted by atomic mass is 10.1. The van der Waals surface area contributed by atoms with Crippen molar-refractivity contribution >= 4 is 16.7 Å². The predicted molar refractivity (Wildman–Crippen MR) is 77.1 cm³/mol. The van der Waals surface area contributed by atoms with Crippen molar-refractivity contribution in [1.29, 1.82) is 0 Å². The van der Waals surface area contributed by atoms with Crippen molar-refractivity contribution in [2.75, 3.05) is 5.73 Å². The van der Waals surface area contributed by atoms with Gasteiger partial charge in [-0.05, 0) is 36.8 Å². The van der Waals surface area contributed by atoms with Gasteiger partial charge in [-0.1, -0.05) is 18.2 Å². The summed E-state index contributed by atoms with van der Waals surface area (Å²) in [4.78, 5) is 12.1. The molecule has 0 fully saturated rings. The molecule has 0 saturated carbocycles. The van der Waals surface area contributed by atoms with E-state index in [1.165, 1.54) is 6.07 Å². The van der Waals surface area contributed by atoms with E-state index in [9.17, 15) is 4.79 Å². The SMILES string of the molecule is Cc1ccc2c(=O)cc(-c3cccc(N)c3)oc2c1. The van der Waals surface area contributed by atoms with Crippen LogP contribution in [0, 0.1) is 6.92 Å². The lowest BCUT2D eigenvalue weighted by molar-refractivity contribution is 0.618. The first-order valence-electron chi connectivity index (χ1n) is 6.04. The molecule has 94 valence electrons. The highest BCUT2D eigenvalue weighted by atomic mass is 16.3. The Bertz CT molecular complexity index is 818. The Morgan fingerprint density at radius 3 is 2.68 bits per heavy atom. The first-order chi connectivity index (χ1) is 9.13. The zero-order valence-corrected chi connectivity index (χ0v) is 10.5. The number of hydrogen-bond acceptors (Lipinski definition) is 3. The van der Waals surface area contributed by atoms with E-state index in [1.807, 2.05) is 31.2 Å². The van der Waals surface area contributed by atoms with Crippen LogP contribution in [0.4, 0.5) is 5.69 Å². The van der Waals surface area contributed by atoms with Gasteiger partial charge in [0.25, 0.3) is 0 Å². The lowest BCUT2D eigenvalue weighted by Gasteiger charge is -2.04. The largest absolute Gasteiger partial charge is 0.456 e. The third kappa shape index (κ3) is 2.10. The summed E-state index contributed by atoms with van der Waals surface area (Å²) in [6.45, 7) is 1.96. The molecule has 0 spiro atoms. The van der Waals surface area contributed by atoms with Gasteiger partial charge < -0.3 is 10.2 Å². The predicted octanol–water partition coefficient (Wildman–Crippen LogP) is 3.35. The second-order valence-corrected chi connectivity index (χ2v) is 4.60. The Balaban J connectivity index is 2.28. The molecule has 3 aromatic rings. The number of benzene rings is 2. The molecule has 3 heteroatoms. The number of fused-ring (bicyclic) bond motifs is 1. The minimum atomic E-state index is -0.0429. The van der Waals surface area contributed by atoms with Crippen molar-refractivity contribution < 1.29 is 4.42 Å². The van der Waals surface area contributed by atoms with E-state index >= 15 is 0 Å². The van der Waals surface area contributed by atoms with E-state index in [1.54, 1.807) is 18.2 Å². The summed E-state index contributed by atoms with van der Waals surface area (Å²) in [5.74, 6) is 0.537. The fourth-order valence-electron chi connectivity index (χ4n) is 2.10. The number of nitrogens with two attached hydrogens (primary N) is 1. The van der Waals surface area contributed by atoms with Crippen LogP contribution in [0.25, 0.3) is 22.3 Å². The fourth-order valence-corrected chi connectivity index (χ4v) is 2.10. The van der Waals surface area contributed by atoms with E-state index in [2.05, 4.69) is 0 Å². The van der Waals surface area contributed by atoms with Crippen molar-refractivity contribution in [3.63, 3.8) is 0 Å². The highest BCUT2D eigenvalue weighted by Crippen LogP contribution is 2.24. The van der Waals surface area contributed by atoms with Gasteiger partial charge in [0.1, 0.15) is 11.3 Å². The first kappa shape index (κ1) is 11.5. The average molecular weight is 251 g/mol. The second-order valence-electron chi connectivity index (χ2n) is 4.60. The van der Waals surface area contributed by atoms with Crippen molar-refractivity contribution in [2.24, 2.45) is 0 Å². The van der Waals surface area contributed by atoms with Gasteiger partial charge in [0.15, 0.2) is 5.43 Å². The Hall–Kier alpha value is -2.55. The van der Waals surface area contributed by atoms with Crippen LogP contribution < -0.4 is 11.2 Å². The van der Waals surface area contributed by atoms with Crippen LogP contribution in [0.3, 0.4) is 0 Å². The Morgan fingerprint density at radius 2 is 1.89 bits per heavy atom. The molecule has 0 bridgehead atoms. The van der Waals surface area contributed by atoms with E-state index in [-0.39, 0.29) is 5.43 Å². The highest BCUT2D eigenvalue weighted by Gasteiger charge is 2.07. The van der Waals surface area contributed by atoms with Crippen LogP contribution in [0.15, 0.2) is 57.7 Å². The minimum Gasteiger partial charge on any atom is -0.456 e. The van der Waals surface area contributed by atoms with E-state index in [0.717, 1.165) is 11.1 Å². The molecular weight excluding hydrogens is 238 g/mol. The molecule has 0 amide bonds. The second kappa shape index (κ2) is 4.28. The standard InChI is InChI=1S/C16H13NO2/c1-10-5-6-13-14(18)9-15(19-16(13)7-10)11-3-2-4-12(17)8-11/h2-9H,17H2,1H3. The quantitative estimate of drug-likeness (QED) is 0.675. The highest BCUT2D eigenvalue weighted by molar-refractivity contribution is 5.79. The summed E-state index contributed by atoms with van der Waals surface area (Å²) in [6.07, 6.45) is 0. The molecule has 19 heavy (non-hydrogen) atoms. The molecule has 3 nitrogen and oxygen atoms in total. The zero-order chi connectivity index (χ0) is 13.4. The van der Waals surface area contributed by atoms with Crippen LogP contribution in [0.2, 0.25) is 0 Å². The van der Waals surface area contributed by atoms with Gasteiger partial charge >= 0.3 is 0 Å². The molecule has 0 aliphatic rings. The molecule has 0 radical (unpaired) electrons. The van der Waals surface area contributed by atoms with Crippen LogP contribution in [-0.2, 0) is 0 Å². The maximum atomic E-state index is 12.1. The Morgan fingerprint density at radius 1 is 1.05 bits per heavy atom. The maximum Gasteiger partial charge on any atom is 0.193 e. The van der Waals surface area contributed by atoms with Gasteiger partial charge in [0, 0.05) is 17.3 Å². The molecule has 0 atom stereocenters. The summed E-state index contributed by atoms with van der Waals surface area (Å²) < 4.78 is 5.81. The molecule has 0 unspecified atom stereocenters. The molecule has 2 N–H and O–H groups in total. The summed E-state index contributed by atoms with van der Waals surface area (Å²) in [6, 6.07) is 14.4. The van der Waals surface area contributed by atoms with E-state index in [4.69, 9.17) is 10.2 Å². The Kier molecular flexibility index (Phi) is 2.60. The first-order valence-corrected chi connectivity index (χ1v) is 6.04. The van der Waals surface area contributed by atoms with Gasteiger partial charge in [-0.3, -0.25) is 4.79 Å². The fraction of sp³-hybridized carbons (Fsp3) is 0.0625. The van der Waals surface area contributed by atoms with Gasteiger partial charge in [-0.2, -0.15) is 0 Å². The lowest BCUT2D eigenvalue weighted by Crippen LogP contribution is -2.00. The Labute approximate surface area is 110 Å². The van der Waals surface area contributed by atoms with E-state index < -0.39 is 0 Å². The molecule has 0 aliphatic carbocycles. The molecule has 1 heterocycles. The van der Waals surface area contributed by atoms with Crippen molar-refractivity contribution in [3.8, 4) is 11.3 Å². The number of hydrogen-bond donors (Lipinski definition) is 1. The molecular formula is C16H13NO2. The third-order valence-corrected chi connectivity index (χ3v) is 3.06. The monoisotopic (exact) mass is 251 g/mol. The summed E-state index contributed by atoms with van der Waals surface area (Å²) >= 11 is 0. The van der Waals surface area contributed by atoms with Crippen molar-refractivity contribution in [3.05, 3.63) is 64.3 Å². The number of rotatable bonds is 1. The summed E-state index contributed by atoms with van der Waals surface area (Å²) in [7, 11) is 0. The normalized spacial score (nSPS) is 10.8. The van der Waals surface area contributed by atoms with Crippen LogP contribution >= 0.6 is 0 Å². The molecule has 2 aromatic carbocycles. The van der Waals surface area contributed by atoms with Gasteiger partial charge in [-0.25, -0.2) is 0 Å². The van der Waals surface area contributed by atoms with Gasteiger partial charge in [0.2, 0.25) is 0 Å². The summed E-state index contributed by atoms with van der Waals surface area (Å²) in [5.41, 5.74) is 8.81. The molecule has 1 aromatic heterocycles. The van der Waals surface area contributed by atoms with Gasteiger partial charge in [0.05, 0.1) is 5.39 Å². The van der Waals surface area contributed by atoms with Crippen LogP contribution in [0.5, 0.6) is 0 Å². The molecule has 0 saturated heterocycles. The zero-order valence-electron chi connectivity index (χ0n) is 10.5. The third-order valence-electron chi connectivity index (χ3n) is 3.06. The number of anilines is 1. The van der Waals surface area contributed by atoms with Crippen LogP contribution in [-0.4, -0.2) is 0 Å². The van der Waals surface area contributed by atoms with Crippen molar-refractivity contribution in [2.45, 2.75) is 6.92 Å². The average Bonchev–Trinajstić information content (AvgIpc) is 2.38. The number of nitrogen functional groups attached to an aromatic ring is 1. The maximum absolute atomic E-state index is 12.1. The molecule has 0 aliphatic heterocycles. The van der Waals surface area contributed by atoms with Crippen molar-refractivity contribution in [1.82, 2.24) is 0 Å². The minimum absolute atomic E-state index is 0.0429.